The van der Waals surface area contributed by atoms with Crippen molar-refractivity contribution in [3.63, 3.8) is 0 Å². The molecule has 0 aromatic heterocycles. The molecule has 3 atom stereocenters. The van der Waals surface area contributed by atoms with Crippen molar-refractivity contribution in [3.05, 3.63) is 0 Å². The van der Waals surface area contributed by atoms with E-state index in [2.05, 4.69) is 19.2 Å². The second-order valence-corrected chi connectivity index (χ2v) is 5.56. The Kier molecular flexibility index (Phi) is 1.38. The number of nitrogens with one attached hydrogen (secondary N) is 1. The summed E-state index contributed by atoms with van der Waals surface area (Å²) in [5.41, 5.74) is -0.0257. The highest BCUT2D eigenvalue weighted by molar-refractivity contribution is 5.70. The van der Waals surface area contributed by atoms with Crippen LogP contribution in [0.4, 0.5) is 4.79 Å². The highest BCUT2D eigenvalue weighted by atomic mass is 16.6. The Labute approximate surface area is 84.2 Å². The van der Waals surface area contributed by atoms with E-state index in [4.69, 9.17) is 4.74 Å². The molecule has 1 saturated heterocycles. The quantitative estimate of drug-likeness (QED) is 0.641. The highest BCUT2D eigenvalue weighted by Gasteiger charge is 2.67. The fourth-order valence-electron chi connectivity index (χ4n) is 3.96. The largest absolute Gasteiger partial charge is 0.440 e. The van der Waals surface area contributed by atoms with Crippen molar-refractivity contribution in [1.82, 2.24) is 5.32 Å². The van der Waals surface area contributed by atoms with Gasteiger partial charge in [-0.15, -0.1) is 0 Å². The van der Waals surface area contributed by atoms with Crippen molar-refractivity contribution in [2.75, 3.05) is 6.54 Å². The van der Waals surface area contributed by atoms with Crippen LogP contribution in [0, 0.1) is 17.3 Å². The normalized spacial score (nSPS) is 48.3. The number of carbonyl (C=O) groups is 1. The molecule has 3 fully saturated rings. The number of hydrogen-bond donors (Lipinski definition) is 1. The number of alkyl carbamates (subject to hydrolysis) is 1. The SMILES string of the molecule is CC1(C)C2CCC(C2)C12CNC(=O)O2. The monoisotopic (exact) mass is 195 g/mol. The molecule has 3 rings (SSSR count). The highest BCUT2D eigenvalue weighted by Crippen LogP contribution is 2.63. The van der Waals surface area contributed by atoms with Gasteiger partial charge >= 0.3 is 6.09 Å². The predicted molar refractivity (Wildman–Crippen MR) is 51.8 cm³/mol. The molecular weight excluding hydrogens is 178 g/mol. The van der Waals surface area contributed by atoms with Crippen molar-refractivity contribution >= 4 is 6.09 Å². The van der Waals surface area contributed by atoms with Crippen molar-refractivity contribution in [3.8, 4) is 0 Å². The van der Waals surface area contributed by atoms with Crippen molar-refractivity contribution in [2.24, 2.45) is 17.3 Å². The molecule has 0 aromatic carbocycles. The van der Waals surface area contributed by atoms with E-state index < -0.39 is 0 Å². The van der Waals surface area contributed by atoms with Crippen LogP contribution in [0.3, 0.4) is 0 Å². The van der Waals surface area contributed by atoms with Crippen LogP contribution in [0.2, 0.25) is 0 Å². The van der Waals surface area contributed by atoms with Gasteiger partial charge in [0.2, 0.25) is 0 Å². The number of amides is 1. The average Bonchev–Trinajstić information content (AvgIpc) is 2.72. The lowest BCUT2D eigenvalue weighted by Crippen LogP contribution is -2.52. The Morgan fingerprint density at radius 2 is 2.07 bits per heavy atom. The van der Waals surface area contributed by atoms with Crippen LogP contribution >= 0.6 is 0 Å². The molecule has 1 amide bonds. The van der Waals surface area contributed by atoms with Gasteiger partial charge in [-0.3, -0.25) is 0 Å². The number of ether oxygens (including phenoxy) is 1. The molecule has 0 aromatic rings. The molecule has 1 aliphatic heterocycles. The third-order valence-electron chi connectivity index (χ3n) is 4.97. The first kappa shape index (κ1) is 8.57. The maximum absolute atomic E-state index is 11.2. The molecule has 3 nitrogen and oxygen atoms in total. The Morgan fingerprint density at radius 1 is 1.36 bits per heavy atom. The first-order valence-electron chi connectivity index (χ1n) is 5.53. The maximum Gasteiger partial charge on any atom is 0.407 e. The first-order chi connectivity index (χ1) is 6.56. The maximum atomic E-state index is 11.2. The zero-order chi connectivity index (χ0) is 9.97. The third kappa shape index (κ3) is 0.733. The zero-order valence-corrected chi connectivity index (χ0v) is 8.80. The standard InChI is InChI=1S/C11H17NO2/c1-10(2)7-3-4-8(5-7)11(10)6-12-9(13)14-11/h7-8H,3-6H2,1-2H3,(H,12,13). The summed E-state index contributed by atoms with van der Waals surface area (Å²) >= 11 is 0. The van der Waals surface area contributed by atoms with Crippen molar-refractivity contribution < 1.29 is 9.53 Å². The van der Waals surface area contributed by atoms with Gasteiger partial charge < -0.3 is 10.1 Å². The van der Waals surface area contributed by atoms with E-state index in [1.165, 1.54) is 19.3 Å². The smallest absolute Gasteiger partial charge is 0.407 e. The second-order valence-electron chi connectivity index (χ2n) is 5.56. The molecule has 0 radical (unpaired) electrons. The van der Waals surface area contributed by atoms with Crippen LogP contribution < -0.4 is 5.32 Å². The summed E-state index contributed by atoms with van der Waals surface area (Å²) < 4.78 is 5.61. The Balaban J connectivity index is 2.02. The van der Waals surface area contributed by atoms with Gasteiger partial charge in [0.05, 0.1) is 6.54 Å². The van der Waals surface area contributed by atoms with E-state index in [0.29, 0.717) is 5.92 Å². The van der Waals surface area contributed by atoms with E-state index in [0.717, 1.165) is 12.5 Å². The fourth-order valence-corrected chi connectivity index (χ4v) is 3.96. The average molecular weight is 195 g/mol. The number of rotatable bonds is 0. The summed E-state index contributed by atoms with van der Waals surface area (Å²) in [4.78, 5) is 11.2. The molecule has 1 N–H and O–H groups in total. The van der Waals surface area contributed by atoms with Crippen LogP contribution in [-0.2, 0) is 4.74 Å². The van der Waals surface area contributed by atoms with Gasteiger partial charge in [-0.25, -0.2) is 4.79 Å². The summed E-state index contributed by atoms with van der Waals surface area (Å²) in [6, 6.07) is 0. The van der Waals surface area contributed by atoms with E-state index in [1.54, 1.807) is 0 Å². The molecule has 1 spiro atoms. The van der Waals surface area contributed by atoms with Crippen molar-refractivity contribution in [2.45, 2.75) is 38.7 Å². The van der Waals surface area contributed by atoms with Gasteiger partial charge in [-0.1, -0.05) is 13.8 Å². The molecule has 1 heterocycles. The van der Waals surface area contributed by atoms with Gasteiger partial charge in [-0.2, -0.15) is 0 Å². The molecule has 3 aliphatic rings. The van der Waals surface area contributed by atoms with Gasteiger partial charge in [0.15, 0.2) is 0 Å². The topological polar surface area (TPSA) is 38.3 Å². The number of carbonyl (C=O) groups excluding carboxylic acids is 1. The van der Waals surface area contributed by atoms with E-state index in [9.17, 15) is 4.79 Å². The summed E-state index contributed by atoms with van der Waals surface area (Å²) in [6.07, 6.45) is 3.59. The minimum absolute atomic E-state index is 0.162. The lowest BCUT2D eigenvalue weighted by Gasteiger charge is -2.44. The van der Waals surface area contributed by atoms with Gasteiger partial charge in [0.1, 0.15) is 5.60 Å². The number of fused-ring (bicyclic) bond motifs is 3. The molecule has 2 saturated carbocycles. The Morgan fingerprint density at radius 3 is 2.57 bits per heavy atom. The van der Waals surface area contributed by atoms with Crippen molar-refractivity contribution in [1.29, 1.82) is 0 Å². The van der Waals surface area contributed by atoms with Crippen LogP contribution in [0.25, 0.3) is 0 Å². The minimum Gasteiger partial charge on any atom is -0.440 e. The molecule has 2 aliphatic carbocycles. The van der Waals surface area contributed by atoms with Gasteiger partial charge in [0.25, 0.3) is 0 Å². The van der Waals surface area contributed by atoms with Crippen LogP contribution in [0.1, 0.15) is 33.1 Å². The van der Waals surface area contributed by atoms with Gasteiger partial charge in [0, 0.05) is 11.3 Å². The fraction of sp³-hybridized carbons (Fsp3) is 0.909. The zero-order valence-electron chi connectivity index (χ0n) is 8.80. The lowest BCUT2D eigenvalue weighted by atomic mass is 9.65. The second kappa shape index (κ2) is 2.26. The molecule has 78 valence electrons. The van der Waals surface area contributed by atoms with E-state index >= 15 is 0 Å². The Bertz CT molecular complexity index is 300. The summed E-state index contributed by atoms with van der Waals surface area (Å²) in [5, 5.41) is 2.83. The molecular formula is C11H17NO2. The molecule has 2 bridgehead atoms. The molecule has 14 heavy (non-hydrogen) atoms. The van der Waals surface area contributed by atoms with E-state index in [-0.39, 0.29) is 17.1 Å². The van der Waals surface area contributed by atoms with Gasteiger partial charge in [-0.05, 0) is 25.2 Å². The lowest BCUT2D eigenvalue weighted by molar-refractivity contribution is -0.0786. The predicted octanol–water partition coefficient (Wildman–Crippen LogP) is 1.92. The molecule has 3 heteroatoms. The Hall–Kier alpha value is -0.730. The third-order valence-corrected chi connectivity index (χ3v) is 4.97. The van der Waals surface area contributed by atoms with Crippen LogP contribution in [0.5, 0.6) is 0 Å². The summed E-state index contributed by atoms with van der Waals surface area (Å²) in [6.45, 7) is 5.24. The summed E-state index contributed by atoms with van der Waals surface area (Å²) in [5.74, 6) is 1.35. The van der Waals surface area contributed by atoms with Crippen LogP contribution in [-0.4, -0.2) is 18.2 Å². The first-order valence-corrected chi connectivity index (χ1v) is 5.53. The molecule has 3 unspecified atom stereocenters. The van der Waals surface area contributed by atoms with Crippen LogP contribution in [0.15, 0.2) is 0 Å². The number of hydrogen-bond acceptors (Lipinski definition) is 2. The summed E-state index contributed by atoms with van der Waals surface area (Å²) in [7, 11) is 0. The van der Waals surface area contributed by atoms with E-state index in [1.807, 2.05) is 0 Å². The minimum atomic E-state index is -0.217.